The lowest BCUT2D eigenvalue weighted by Crippen LogP contribution is -1.99. The minimum Gasteiger partial charge on any atom is -0.456 e. The van der Waals surface area contributed by atoms with Crippen LogP contribution in [0.25, 0.3) is 55.8 Å². The highest BCUT2D eigenvalue weighted by atomic mass is 16.3. The van der Waals surface area contributed by atoms with Gasteiger partial charge in [-0.25, -0.2) is 9.97 Å². The first kappa shape index (κ1) is 27.2. The highest BCUT2D eigenvalue weighted by Crippen LogP contribution is 2.37. The molecule has 0 saturated carbocycles. The number of furan rings is 1. The van der Waals surface area contributed by atoms with Crippen molar-refractivity contribution in [1.82, 2.24) is 9.97 Å². The molecule has 8 aromatic rings. The molecule has 0 atom stereocenters. The van der Waals surface area contributed by atoms with E-state index >= 15 is 0 Å². The van der Waals surface area contributed by atoms with Crippen molar-refractivity contribution in [1.29, 1.82) is 0 Å². The van der Waals surface area contributed by atoms with Gasteiger partial charge in [-0.15, -0.1) is 0 Å². The zero-order valence-electron chi connectivity index (χ0n) is 24.8. The number of rotatable bonds is 7. The Bertz CT molecular complexity index is 2270. The topological polar surface area (TPSA) is 89.0 Å². The van der Waals surface area contributed by atoms with Crippen molar-refractivity contribution < 1.29 is 4.42 Å². The van der Waals surface area contributed by atoms with Crippen LogP contribution in [0.5, 0.6) is 0 Å². The van der Waals surface area contributed by atoms with Gasteiger partial charge in [0.25, 0.3) is 0 Å². The van der Waals surface area contributed by atoms with E-state index in [0.29, 0.717) is 11.5 Å². The van der Waals surface area contributed by atoms with Crippen LogP contribution in [0, 0.1) is 0 Å². The van der Waals surface area contributed by atoms with Crippen LogP contribution >= 0.6 is 0 Å². The molecule has 4 N–H and O–H groups in total. The van der Waals surface area contributed by atoms with Crippen molar-refractivity contribution in [3.05, 3.63) is 152 Å². The molecular formula is C40H29N5O. The lowest BCUT2D eigenvalue weighted by Gasteiger charge is -2.15. The SMILES string of the molecule is Nc1ccccc1Nc1ccccc1Nc1ccc2oc3ccc(-c4cc(-c5ccccc5)nc(-c5ccccc5)n4)cc3c2c1. The Kier molecular flexibility index (Phi) is 6.85. The number of fused-ring (bicyclic) bond motifs is 3. The Hall–Kier alpha value is -6.40. The molecule has 220 valence electrons. The third-order valence-electron chi connectivity index (χ3n) is 8.03. The van der Waals surface area contributed by atoms with Crippen LogP contribution in [0.3, 0.4) is 0 Å². The van der Waals surface area contributed by atoms with E-state index < -0.39 is 0 Å². The van der Waals surface area contributed by atoms with Gasteiger partial charge in [-0.3, -0.25) is 0 Å². The fourth-order valence-corrected chi connectivity index (χ4v) is 5.70. The summed E-state index contributed by atoms with van der Waals surface area (Å²) in [5, 5.41) is 9.08. The number of benzene rings is 6. The number of nitrogens with one attached hydrogen (secondary N) is 2. The van der Waals surface area contributed by atoms with E-state index in [1.165, 1.54) is 0 Å². The average molecular weight is 596 g/mol. The second-order valence-corrected chi connectivity index (χ2v) is 11.1. The molecule has 46 heavy (non-hydrogen) atoms. The molecule has 2 heterocycles. The van der Waals surface area contributed by atoms with E-state index in [1.807, 2.05) is 115 Å². The van der Waals surface area contributed by atoms with Crippen LogP contribution in [-0.2, 0) is 0 Å². The highest BCUT2D eigenvalue weighted by Gasteiger charge is 2.14. The predicted molar refractivity (Wildman–Crippen MR) is 189 cm³/mol. The molecule has 0 aliphatic carbocycles. The summed E-state index contributed by atoms with van der Waals surface area (Å²) in [5.74, 6) is 0.685. The van der Waals surface area contributed by atoms with Gasteiger partial charge in [-0.1, -0.05) is 84.9 Å². The largest absolute Gasteiger partial charge is 0.456 e. The zero-order chi connectivity index (χ0) is 30.9. The van der Waals surface area contributed by atoms with Crippen molar-refractivity contribution in [3.8, 4) is 33.9 Å². The summed E-state index contributed by atoms with van der Waals surface area (Å²) in [7, 11) is 0. The van der Waals surface area contributed by atoms with Gasteiger partial charge in [0.15, 0.2) is 5.82 Å². The Labute approximate surface area is 266 Å². The van der Waals surface area contributed by atoms with Crippen LogP contribution in [0.2, 0.25) is 0 Å². The first-order valence-electron chi connectivity index (χ1n) is 15.1. The van der Waals surface area contributed by atoms with Crippen molar-refractivity contribution in [2.45, 2.75) is 0 Å². The summed E-state index contributed by atoms with van der Waals surface area (Å²) < 4.78 is 6.26. The number of nitrogens with two attached hydrogens (primary N) is 1. The number of hydrogen-bond acceptors (Lipinski definition) is 6. The van der Waals surface area contributed by atoms with Crippen molar-refractivity contribution >= 4 is 50.4 Å². The van der Waals surface area contributed by atoms with Crippen LogP contribution in [0.4, 0.5) is 28.4 Å². The molecule has 0 aliphatic rings. The normalized spacial score (nSPS) is 11.1. The van der Waals surface area contributed by atoms with Gasteiger partial charge in [0.2, 0.25) is 0 Å². The Morgan fingerprint density at radius 1 is 0.457 bits per heavy atom. The van der Waals surface area contributed by atoms with Crippen LogP contribution < -0.4 is 16.4 Å². The van der Waals surface area contributed by atoms with Crippen LogP contribution in [0.1, 0.15) is 0 Å². The molecule has 0 aliphatic heterocycles. The molecule has 8 rings (SSSR count). The minimum atomic E-state index is 0.685. The number of hydrogen-bond donors (Lipinski definition) is 3. The summed E-state index contributed by atoms with van der Waals surface area (Å²) in [6.45, 7) is 0. The van der Waals surface area contributed by atoms with Gasteiger partial charge in [0.05, 0.1) is 34.1 Å². The standard InChI is InChI=1S/C40H29N5O/c41-32-15-7-8-16-33(32)43-35-18-10-9-17-34(35)42-29-20-22-39-31(24-29)30-23-28(19-21-38(30)46-39)37-25-36(26-11-3-1-4-12-26)44-40(45-37)27-13-5-2-6-14-27/h1-25,42-43H,41H2. The minimum absolute atomic E-state index is 0.685. The number of aromatic nitrogens is 2. The third kappa shape index (κ3) is 5.29. The monoisotopic (exact) mass is 595 g/mol. The molecule has 0 radical (unpaired) electrons. The summed E-state index contributed by atoms with van der Waals surface area (Å²) in [4.78, 5) is 9.97. The lowest BCUT2D eigenvalue weighted by atomic mass is 10.0. The maximum atomic E-state index is 6.26. The van der Waals surface area contributed by atoms with Gasteiger partial charge in [-0.05, 0) is 66.7 Å². The lowest BCUT2D eigenvalue weighted by molar-refractivity contribution is 0.669. The average Bonchev–Trinajstić information content (AvgIpc) is 3.48. The van der Waals surface area contributed by atoms with E-state index in [9.17, 15) is 0 Å². The smallest absolute Gasteiger partial charge is 0.160 e. The molecule has 0 unspecified atom stereocenters. The molecule has 6 aromatic carbocycles. The quantitative estimate of drug-likeness (QED) is 0.159. The molecule has 0 fully saturated rings. The number of nitrogens with zero attached hydrogens (tertiary/aromatic N) is 2. The number of para-hydroxylation sites is 4. The van der Waals surface area contributed by atoms with Crippen molar-refractivity contribution in [2.75, 3.05) is 16.4 Å². The second kappa shape index (κ2) is 11.6. The molecule has 0 bridgehead atoms. The van der Waals surface area contributed by atoms with E-state index in [0.717, 1.165) is 72.8 Å². The maximum Gasteiger partial charge on any atom is 0.160 e. The molecule has 0 saturated heterocycles. The predicted octanol–water partition coefficient (Wildman–Crippen LogP) is 10.4. The first-order chi connectivity index (χ1) is 22.7. The number of anilines is 5. The van der Waals surface area contributed by atoms with Gasteiger partial charge < -0.3 is 20.8 Å². The van der Waals surface area contributed by atoms with E-state index in [-0.39, 0.29) is 0 Å². The number of nitrogen functional groups attached to an aromatic ring is 1. The molecule has 6 nitrogen and oxygen atoms in total. The third-order valence-corrected chi connectivity index (χ3v) is 8.03. The fraction of sp³-hybridized carbons (Fsp3) is 0. The summed E-state index contributed by atoms with van der Waals surface area (Å²) in [6.07, 6.45) is 0. The highest BCUT2D eigenvalue weighted by molar-refractivity contribution is 6.07. The molecule has 0 spiro atoms. The maximum absolute atomic E-state index is 6.26. The van der Waals surface area contributed by atoms with Gasteiger partial charge >= 0.3 is 0 Å². The summed E-state index contributed by atoms with van der Waals surface area (Å²) in [5.41, 5.74) is 16.9. The van der Waals surface area contributed by atoms with Crippen LogP contribution in [0.15, 0.2) is 156 Å². The van der Waals surface area contributed by atoms with E-state index in [1.54, 1.807) is 0 Å². The first-order valence-corrected chi connectivity index (χ1v) is 15.1. The zero-order valence-corrected chi connectivity index (χ0v) is 24.8. The molecule has 6 heteroatoms. The van der Waals surface area contributed by atoms with Crippen LogP contribution in [-0.4, -0.2) is 9.97 Å². The van der Waals surface area contributed by atoms with Gasteiger partial charge in [0, 0.05) is 33.2 Å². The Balaban J connectivity index is 1.19. The van der Waals surface area contributed by atoms with Gasteiger partial charge in [0.1, 0.15) is 11.2 Å². The Morgan fingerprint density at radius 2 is 1.02 bits per heavy atom. The van der Waals surface area contributed by atoms with Gasteiger partial charge in [-0.2, -0.15) is 0 Å². The van der Waals surface area contributed by atoms with E-state index in [4.69, 9.17) is 20.1 Å². The second-order valence-electron chi connectivity index (χ2n) is 11.1. The fourth-order valence-electron chi connectivity index (χ4n) is 5.70. The Morgan fingerprint density at radius 3 is 1.74 bits per heavy atom. The summed E-state index contributed by atoms with van der Waals surface area (Å²) in [6, 6.07) is 50.6. The van der Waals surface area contributed by atoms with E-state index in [2.05, 4.69) is 47.0 Å². The van der Waals surface area contributed by atoms with Crippen molar-refractivity contribution in [2.24, 2.45) is 0 Å². The summed E-state index contributed by atoms with van der Waals surface area (Å²) >= 11 is 0. The molecular weight excluding hydrogens is 566 g/mol. The molecule has 2 aromatic heterocycles. The molecule has 0 amide bonds. The van der Waals surface area contributed by atoms with Crippen molar-refractivity contribution in [3.63, 3.8) is 0 Å².